The van der Waals surface area contributed by atoms with Gasteiger partial charge in [-0.25, -0.2) is 0 Å². The van der Waals surface area contributed by atoms with Gasteiger partial charge in [0.05, 0.1) is 5.41 Å². The zero-order valence-electron chi connectivity index (χ0n) is 24.9. The fourth-order valence-electron chi connectivity index (χ4n) is 8.92. The summed E-state index contributed by atoms with van der Waals surface area (Å²) >= 11 is 0. The maximum absolute atomic E-state index is 6.43. The van der Waals surface area contributed by atoms with Gasteiger partial charge < -0.3 is 4.74 Å². The van der Waals surface area contributed by atoms with Crippen LogP contribution in [0.2, 0.25) is 0 Å². The second kappa shape index (κ2) is 8.62. The Morgan fingerprint density at radius 1 is 0.391 bits per heavy atom. The Kier molecular flexibility index (Phi) is 4.57. The summed E-state index contributed by atoms with van der Waals surface area (Å²) in [7, 11) is 0. The van der Waals surface area contributed by atoms with Gasteiger partial charge in [0, 0.05) is 16.5 Å². The van der Waals surface area contributed by atoms with Crippen LogP contribution in [-0.4, -0.2) is 0 Å². The third-order valence-electron chi connectivity index (χ3n) is 10.7. The predicted octanol–water partition coefficient (Wildman–Crippen LogP) is 11.8. The van der Waals surface area contributed by atoms with Crippen LogP contribution in [0.25, 0.3) is 66.1 Å². The molecule has 0 aromatic heterocycles. The lowest BCUT2D eigenvalue weighted by atomic mass is 9.69. The van der Waals surface area contributed by atoms with Crippen molar-refractivity contribution in [3.8, 4) is 56.0 Å². The van der Waals surface area contributed by atoms with E-state index < -0.39 is 0 Å². The van der Waals surface area contributed by atoms with Crippen LogP contribution in [0.4, 0.5) is 0 Å². The molecule has 2 aliphatic carbocycles. The van der Waals surface area contributed by atoms with E-state index in [1.54, 1.807) is 0 Å². The maximum Gasteiger partial charge on any atom is 0.135 e. The molecule has 1 spiro atoms. The zero-order chi connectivity index (χ0) is 30.0. The standard InChI is InChI=1S/C45H26O/c1-2-12-31-27(10-1)20-24-34-32-13-3-6-16-37(32)45(44(31)34)38-17-7-4-14-33(38)36-26-29(22-25-39(36)45)30-23-21-28-11-9-19-41-42(28)43(30)35-15-5-8-18-40(35)46-41/h1-26H. The number of hydrogen-bond donors (Lipinski definition) is 0. The smallest absolute Gasteiger partial charge is 0.135 e. The number of rotatable bonds is 1. The Bertz CT molecular complexity index is 2630. The van der Waals surface area contributed by atoms with Crippen molar-refractivity contribution in [2.24, 2.45) is 0 Å². The summed E-state index contributed by atoms with van der Waals surface area (Å²) in [6.45, 7) is 0. The molecule has 8 aromatic carbocycles. The SMILES string of the molecule is c1ccc2c(c1)Oc1cccc3ccc(-c4ccc5c(c4)-c4ccccc4C54c5ccccc5-c5ccc6ccccc6c54)c-2c13. The molecule has 0 saturated carbocycles. The Morgan fingerprint density at radius 3 is 1.89 bits per heavy atom. The highest BCUT2D eigenvalue weighted by Crippen LogP contribution is 2.64. The summed E-state index contributed by atoms with van der Waals surface area (Å²) in [6.07, 6.45) is 0. The first kappa shape index (κ1) is 24.4. The largest absolute Gasteiger partial charge is 0.456 e. The fourth-order valence-corrected chi connectivity index (χ4v) is 8.92. The Hall–Kier alpha value is -5.92. The van der Waals surface area contributed by atoms with E-state index >= 15 is 0 Å². The molecule has 0 bridgehead atoms. The van der Waals surface area contributed by atoms with Crippen molar-refractivity contribution in [1.29, 1.82) is 0 Å². The maximum atomic E-state index is 6.43. The summed E-state index contributed by atoms with van der Waals surface area (Å²) in [5.41, 5.74) is 15.3. The Balaban J connectivity index is 1.24. The van der Waals surface area contributed by atoms with Crippen LogP contribution in [0.5, 0.6) is 11.5 Å². The predicted molar refractivity (Wildman–Crippen MR) is 189 cm³/mol. The van der Waals surface area contributed by atoms with Gasteiger partial charge in [-0.15, -0.1) is 0 Å². The van der Waals surface area contributed by atoms with E-state index in [1.165, 1.54) is 82.7 Å². The van der Waals surface area contributed by atoms with Crippen LogP contribution in [-0.2, 0) is 5.41 Å². The summed E-state index contributed by atoms with van der Waals surface area (Å²) in [4.78, 5) is 0. The minimum absolute atomic E-state index is 0.386. The van der Waals surface area contributed by atoms with Crippen molar-refractivity contribution in [1.82, 2.24) is 0 Å². The summed E-state index contributed by atoms with van der Waals surface area (Å²) in [5.74, 6) is 1.83. The lowest BCUT2D eigenvalue weighted by Crippen LogP contribution is -2.26. The molecule has 3 aliphatic rings. The summed E-state index contributed by atoms with van der Waals surface area (Å²) < 4.78 is 6.43. The third-order valence-corrected chi connectivity index (χ3v) is 10.7. The Labute approximate surface area is 267 Å². The lowest BCUT2D eigenvalue weighted by molar-refractivity contribution is 0.487. The molecule has 0 amide bonds. The lowest BCUT2D eigenvalue weighted by Gasteiger charge is -2.31. The topological polar surface area (TPSA) is 9.23 Å². The van der Waals surface area contributed by atoms with Gasteiger partial charge in [0.1, 0.15) is 11.5 Å². The van der Waals surface area contributed by atoms with E-state index in [2.05, 4.69) is 158 Å². The molecule has 212 valence electrons. The van der Waals surface area contributed by atoms with E-state index in [1.807, 2.05) is 0 Å². The van der Waals surface area contributed by atoms with Crippen LogP contribution in [0, 0.1) is 0 Å². The second-order valence-electron chi connectivity index (χ2n) is 12.8. The van der Waals surface area contributed by atoms with Crippen molar-refractivity contribution < 1.29 is 4.74 Å². The highest BCUT2D eigenvalue weighted by atomic mass is 16.5. The normalized spacial score (nSPS) is 16.1. The quantitative estimate of drug-likeness (QED) is 0.187. The number of ether oxygens (including phenoxy) is 1. The molecular weight excluding hydrogens is 556 g/mol. The molecule has 1 heterocycles. The van der Waals surface area contributed by atoms with Crippen molar-refractivity contribution in [3.63, 3.8) is 0 Å². The molecule has 0 fully saturated rings. The second-order valence-corrected chi connectivity index (χ2v) is 12.8. The highest BCUT2D eigenvalue weighted by molar-refractivity contribution is 6.10. The minimum atomic E-state index is -0.386. The van der Waals surface area contributed by atoms with Crippen molar-refractivity contribution in [2.75, 3.05) is 0 Å². The van der Waals surface area contributed by atoms with Crippen LogP contribution >= 0.6 is 0 Å². The van der Waals surface area contributed by atoms with E-state index in [9.17, 15) is 0 Å². The van der Waals surface area contributed by atoms with E-state index in [0.29, 0.717) is 0 Å². The van der Waals surface area contributed by atoms with Crippen LogP contribution in [0.1, 0.15) is 22.3 Å². The van der Waals surface area contributed by atoms with Gasteiger partial charge in [-0.05, 0) is 90.0 Å². The van der Waals surface area contributed by atoms with Gasteiger partial charge in [-0.1, -0.05) is 140 Å². The summed E-state index contributed by atoms with van der Waals surface area (Å²) in [6, 6.07) is 58.3. The van der Waals surface area contributed by atoms with Gasteiger partial charge in [0.2, 0.25) is 0 Å². The van der Waals surface area contributed by atoms with E-state index in [0.717, 1.165) is 17.1 Å². The van der Waals surface area contributed by atoms with Crippen molar-refractivity contribution >= 4 is 21.5 Å². The molecule has 1 nitrogen and oxygen atoms in total. The van der Waals surface area contributed by atoms with Crippen LogP contribution < -0.4 is 4.74 Å². The molecular formula is C45H26O. The fraction of sp³-hybridized carbons (Fsp3) is 0.0222. The van der Waals surface area contributed by atoms with Gasteiger partial charge in [0.15, 0.2) is 0 Å². The number of hydrogen-bond acceptors (Lipinski definition) is 1. The zero-order valence-corrected chi connectivity index (χ0v) is 24.9. The molecule has 0 N–H and O–H groups in total. The average Bonchev–Trinajstić information content (AvgIpc) is 3.59. The van der Waals surface area contributed by atoms with Crippen LogP contribution in [0.15, 0.2) is 158 Å². The number of fused-ring (bicyclic) bond motifs is 14. The first-order valence-electron chi connectivity index (χ1n) is 16.0. The van der Waals surface area contributed by atoms with Gasteiger partial charge >= 0.3 is 0 Å². The molecule has 46 heavy (non-hydrogen) atoms. The molecule has 1 unspecified atom stereocenters. The molecule has 8 aromatic rings. The monoisotopic (exact) mass is 582 g/mol. The van der Waals surface area contributed by atoms with Gasteiger partial charge in [-0.2, -0.15) is 0 Å². The average molecular weight is 583 g/mol. The highest BCUT2D eigenvalue weighted by Gasteiger charge is 2.52. The van der Waals surface area contributed by atoms with Crippen molar-refractivity contribution in [3.05, 3.63) is 180 Å². The number of para-hydroxylation sites is 1. The minimum Gasteiger partial charge on any atom is -0.456 e. The molecule has 0 radical (unpaired) electrons. The molecule has 11 rings (SSSR count). The Morgan fingerprint density at radius 2 is 1.02 bits per heavy atom. The van der Waals surface area contributed by atoms with E-state index in [-0.39, 0.29) is 5.41 Å². The van der Waals surface area contributed by atoms with Gasteiger partial charge in [-0.3, -0.25) is 0 Å². The molecule has 1 aliphatic heterocycles. The van der Waals surface area contributed by atoms with Gasteiger partial charge in [0.25, 0.3) is 0 Å². The first-order valence-corrected chi connectivity index (χ1v) is 16.0. The number of benzene rings is 8. The first-order chi connectivity index (χ1) is 22.8. The molecule has 1 atom stereocenters. The van der Waals surface area contributed by atoms with Crippen LogP contribution in [0.3, 0.4) is 0 Å². The summed E-state index contributed by atoms with van der Waals surface area (Å²) in [5, 5.41) is 4.98. The molecule has 1 heteroatoms. The third kappa shape index (κ3) is 2.87. The molecule has 0 saturated heterocycles. The van der Waals surface area contributed by atoms with Crippen molar-refractivity contribution in [2.45, 2.75) is 5.41 Å². The van der Waals surface area contributed by atoms with E-state index in [4.69, 9.17) is 4.74 Å².